The van der Waals surface area contributed by atoms with Crippen molar-refractivity contribution in [1.29, 1.82) is 0 Å². The van der Waals surface area contributed by atoms with Gasteiger partial charge in [-0.3, -0.25) is 5.10 Å². The third-order valence-corrected chi connectivity index (χ3v) is 7.40. The molecule has 2 aliphatic rings. The summed E-state index contributed by atoms with van der Waals surface area (Å²) in [6, 6.07) is 0.635. The molecule has 1 fully saturated rings. The topological polar surface area (TPSA) is 88.2 Å². The van der Waals surface area contributed by atoms with Crippen molar-refractivity contribution in [3.05, 3.63) is 22.8 Å². The molecule has 0 aromatic carbocycles. The van der Waals surface area contributed by atoms with Crippen molar-refractivity contribution in [2.75, 3.05) is 19.4 Å². The molecule has 2 N–H and O–H groups in total. The van der Waals surface area contributed by atoms with Gasteiger partial charge in [-0.15, -0.1) is 11.3 Å². The number of rotatable bonds is 5. The molecule has 5 rings (SSSR count). The maximum Gasteiger partial charge on any atom is 0.232 e. The van der Waals surface area contributed by atoms with Crippen molar-refractivity contribution in [2.24, 2.45) is 0 Å². The lowest BCUT2D eigenvalue weighted by atomic mass is 9.92. The van der Waals surface area contributed by atoms with Crippen LogP contribution in [-0.2, 0) is 17.8 Å². The number of hydrogen-bond donors (Lipinski definition) is 2. The third-order valence-electron chi connectivity index (χ3n) is 6.30. The van der Waals surface area contributed by atoms with E-state index in [0.29, 0.717) is 24.5 Å². The van der Waals surface area contributed by atoms with Crippen molar-refractivity contribution >= 4 is 33.2 Å². The molecule has 0 atom stereocenters. The van der Waals surface area contributed by atoms with Gasteiger partial charge in [-0.1, -0.05) is 0 Å². The zero-order chi connectivity index (χ0) is 21.6. The minimum atomic E-state index is -0.199. The second-order valence-electron chi connectivity index (χ2n) is 9.39. The summed E-state index contributed by atoms with van der Waals surface area (Å²) in [5.74, 6) is 1.23. The lowest BCUT2D eigenvalue weighted by Gasteiger charge is -2.33. The molecule has 0 saturated heterocycles. The van der Waals surface area contributed by atoms with Crippen molar-refractivity contribution in [2.45, 2.75) is 70.3 Å². The molecule has 0 spiro atoms. The van der Waals surface area contributed by atoms with E-state index in [2.05, 4.69) is 48.4 Å². The van der Waals surface area contributed by atoms with Crippen LogP contribution in [-0.4, -0.2) is 56.9 Å². The number of aromatic nitrogens is 4. The molecule has 166 valence electrons. The molecule has 3 aromatic rings. The lowest BCUT2D eigenvalue weighted by Crippen LogP contribution is -2.35. The van der Waals surface area contributed by atoms with E-state index in [1.807, 2.05) is 0 Å². The van der Waals surface area contributed by atoms with E-state index in [0.717, 1.165) is 48.0 Å². The standard InChI is InChI=1S/C22H30N6O2S/c1-22(2)9-16-17(12-29-22)31-20-18(16)19(26-21(27-20)25-13-10-23-24-11-13)30-15-7-5-14(6-8-15)28(3)4/h10-11,14-15H,5-9,12H2,1-4H3,(H,23,24)(H,25,26,27). The Balaban J connectivity index is 1.50. The summed E-state index contributed by atoms with van der Waals surface area (Å²) in [6.45, 7) is 4.89. The Hall–Kier alpha value is -2.23. The highest BCUT2D eigenvalue weighted by Crippen LogP contribution is 2.43. The van der Waals surface area contributed by atoms with Gasteiger partial charge in [0, 0.05) is 23.5 Å². The average molecular weight is 443 g/mol. The van der Waals surface area contributed by atoms with Gasteiger partial charge < -0.3 is 19.7 Å². The maximum atomic E-state index is 6.58. The van der Waals surface area contributed by atoms with Gasteiger partial charge in [-0.25, -0.2) is 4.98 Å². The summed E-state index contributed by atoms with van der Waals surface area (Å²) in [5.41, 5.74) is 1.90. The summed E-state index contributed by atoms with van der Waals surface area (Å²) in [5, 5.41) is 11.1. The van der Waals surface area contributed by atoms with E-state index in [9.17, 15) is 0 Å². The summed E-state index contributed by atoms with van der Waals surface area (Å²) in [4.78, 5) is 14.1. The van der Waals surface area contributed by atoms with Gasteiger partial charge >= 0.3 is 0 Å². The van der Waals surface area contributed by atoms with Crippen LogP contribution in [0.15, 0.2) is 12.4 Å². The van der Waals surface area contributed by atoms with Crippen LogP contribution in [0.4, 0.5) is 11.6 Å². The Morgan fingerprint density at radius 2 is 2.03 bits per heavy atom. The molecular formula is C22H30N6O2S. The first kappa shape index (κ1) is 20.7. The Kier molecular flexibility index (Phi) is 5.35. The smallest absolute Gasteiger partial charge is 0.232 e. The monoisotopic (exact) mass is 442 g/mol. The van der Waals surface area contributed by atoms with Crippen molar-refractivity contribution in [3.63, 3.8) is 0 Å². The fraction of sp³-hybridized carbons (Fsp3) is 0.591. The highest BCUT2D eigenvalue weighted by molar-refractivity contribution is 7.18. The zero-order valence-electron chi connectivity index (χ0n) is 18.6. The Labute approximate surface area is 186 Å². The SMILES string of the molecule is CN(C)C1CCC(Oc2nc(Nc3cn[nH]c3)nc3sc4c(c23)CC(C)(C)OC4)CC1. The predicted molar refractivity (Wildman–Crippen MR) is 122 cm³/mol. The van der Waals surface area contributed by atoms with Crippen molar-refractivity contribution in [1.82, 2.24) is 25.1 Å². The van der Waals surface area contributed by atoms with E-state index in [1.165, 1.54) is 10.4 Å². The largest absolute Gasteiger partial charge is 0.474 e. The average Bonchev–Trinajstić information content (AvgIpc) is 3.35. The van der Waals surface area contributed by atoms with Gasteiger partial charge in [0.15, 0.2) is 0 Å². The fourth-order valence-corrected chi connectivity index (χ4v) is 5.63. The van der Waals surface area contributed by atoms with E-state index in [1.54, 1.807) is 23.7 Å². The van der Waals surface area contributed by atoms with E-state index < -0.39 is 0 Å². The summed E-state index contributed by atoms with van der Waals surface area (Å²) in [6.07, 6.45) is 8.89. The van der Waals surface area contributed by atoms with Crippen LogP contribution in [0, 0.1) is 0 Å². The van der Waals surface area contributed by atoms with Crippen LogP contribution in [0.25, 0.3) is 10.2 Å². The Bertz CT molecular complexity index is 1050. The van der Waals surface area contributed by atoms with Crippen LogP contribution in [0.1, 0.15) is 50.0 Å². The number of anilines is 2. The Morgan fingerprint density at radius 3 is 2.74 bits per heavy atom. The van der Waals surface area contributed by atoms with Crippen LogP contribution in [0.5, 0.6) is 5.88 Å². The predicted octanol–water partition coefficient (Wildman–Crippen LogP) is 4.26. The molecule has 1 aliphatic carbocycles. The number of nitrogens with zero attached hydrogens (tertiary/aromatic N) is 4. The first-order valence-electron chi connectivity index (χ1n) is 10.9. The minimum absolute atomic E-state index is 0.180. The Morgan fingerprint density at radius 1 is 1.23 bits per heavy atom. The molecule has 4 heterocycles. The lowest BCUT2D eigenvalue weighted by molar-refractivity contribution is -0.0379. The minimum Gasteiger partial charge on any atom is -0.474 e. The second-order valence-corrected chi connectivity index (χ2v) is 10.5. The highest BCUT2D eigenvalue weighted by atomic mass is 32.1. The van der Waals surface area contributed by atoms with E-state index in [4.69, 9.17) is 19.4 Å². The molecule has 9 heteroatoms. The zero-order valence-corrected chi connectivity index (χ0v) is 19.4. The molecule has 0 amide bonds. The molecule has 0 bridgehead atoms. The van der Waals surface area contributed by atoms with Gasteiger partial charge in [-0.05, 0) is 59.2 Å². The van der Waals surface area contributed by atoms with Crippen LogP contribution < -0.4 is 10.1 Å². The number of fused-ring (bicyclic) bond motifs is 3. The van der Waals surface area contributed by atoms with Gasteiger partial charge in [0.1, 0.15) is 10.9 Å². The first-order chi connectivity index (χ1) is 14.9. The highest BCUT2D eigenvalue weighted by Gasteiger charge is 2.32. The normalized spacial score (nSPS) is 23.1. The van der Waals surface area contributed by atoms with E-state index >= 15 is 0 Å². The number of nitrogens with one attached hydrogen (secondary N) is 2. The quantitative estimate of drug-likeness (QED) is 0.610. The summed E-state index contributed by atoms with van der Waals surface area (Å²) in [7, 11) is 4.32. The van der Waals surface area contributed by atoms with Crippen LogP contribution in [0.3, 0.4) is 0 Å². The second kappa shape index (κ2) is 8.03. The maximum absolute atomic E-state index is 6.58. The third kappa shape index (κ3) is 4.26. The summed E-state index contributed by atoms with van der Waals surface area (Å²) < 4.78 is 12.6. The summed E-state index contributed by atoms with van der Waals surface area (Å²) >= 11 is 1.68. The number of hydrogen-bond acceptors (Lipinski definition) is 8. The van der Waals surface area contributed by atoms with Gasteiger partial charge in [-0.2, -0.15) is 10.1 Å². The van der Waals surface area contributed by atoms with E-state index in [-0.39, 0.29) is 11.7 Å². The van der Waals surface area contributed by atoms with Crippen molar-refractivity contribution < 1.29 is 9.47 Å². The number of thiophene rings is 1. The van der Waals surface area contributed by atoms with Gasteiger partial charge in [0.2, 0.25) is 11.8 Å². The number of aromatic amines is 1. The molecule has 1 aliphatic heterocycles. The number of H-pyrrole nitrogens is 1. The van der Waals surface area contributed by atoms with Gasteiger partial charge in [0.25, 0.3) is 0 Å². The molecule has 0 unspecified atom stereocenters. The molecule has 3 aromatic heterocycles. The molecular weight excluding hydrogens is 412 g/mol. The molecule has 0 radical (unpaired) electrons. The first-order valence-corrected chi connectivity index (χ1v) is 11.7. The van der Waals surface area contributed by atoms with Crippen LogP contribution in [0.2, 0.25) is 0 Å². The van der Waals surface area contributed by atoms with Crippen LogP contribution >= 0.6 is 11.3 Å². The molecule has 8 nitrogen and oxygen atoms in total. The molecule has 31 heavy (non-hydrogen) atoms. The van der Waals surface area contributed by atoms with Gasteiger partial charge in [0.05, 0.1) is 29.5 Å². The molecule has 1 saturated carbocycles. The number of ether oxygens (including phenoxy) is 2. The fourth-order valence-electron chi connectivity index (χ4n) is 4.54. The van der Waals surface area contributed by atoms with Crippen molar-refractivity contribution in [3.8, 4) is 5.88 Å².